The molecule has 0 heterocycles. The maximum atomic E-state index is 14.1. The molecule has 40 heavy (non-hydrogen) atoms. The summed E-state index contributed by atoms with van der Waals surface area (Å²) in [5.41, 5.74) is 12.0. The third-order valence-electron chi connectivity index (χ3n) is 4.55. The van der Waals surface area contributed by atoms with Gasteiger partial charge in [0.25, 0.3) is 0 Å². The summed E-state index contributed by atoms with van der Waals surface area (Å²) in [7, 11) is -7.90. The first-order chi connectivity index (χ1) is 18.6. The van der Waals surface area contributed by atoms with Crippen molar-refractivity contribution in [1.29, 1.82) is 0 Å². The first-order valence-electron chi connectivity index (χ1n) is 11.1. The van der Waals surface area contributed by atoms with Crippen LogP contribution in [0, 0.1) is 0 Å². The zero-order valence-electron chi connectivity index (χ0n) is 20.9. The lowest BCUT2D eigenvalue weighted by Gasteiger charge is -2.27. The second-order valence-electron chi connectivity index (χ2n) is 7.96. The third kappa shape index (κ3) is 11.4. The number of benzene rings is 3. The van der Waals surface area contributed by atoms with Crippen LogP contribution in [-0.4, -0.2) is 43.7 Å². The number of hydrogen-bond donors (Lipinski definition) is 4. The summed E-state index contributed by atoms with van der Waals surface area (Å²) in [4.78, 5) is 12.9. The van der Waals surface area contributed by atoms with Gasteiger partial charge in [-0.3, -0.25) is 0 Å². The first kappa shape index (κ1) is 32.1. The smallest absolute Gasteiger partial charge is 0.475 e. The number of carboxylic acid groups (broad SMARTS) is 1. The molecule has 216 valence electrons. The average molecular weight is 603 g/mol. The lowest BCUT2D eigenvalue weighted by Crippen LogP contribution is -2.38. The summed E-state index contributed by atoms with van der Waals surface area (Å²) in [5, 5.41) is 7.12. The van der Waals surface area contributed by atoms with Crippen LogP contribution in [0.4, 0.5) is 18.9 Å². The lowest BCUT2D eigenvalue weighted by atomic mass is 10.1. The number of guanidine groups is 1. The van der Waals surface area contributed by atoms with Gasteiger partial charge in [-0.2, -0.15) is 17.9 Å². The molecule has 0 saturated carbocycles. The van der Waals surface area contributed by atoms with Crippen molar-refractivity contribution < 1.29 is 45.1 Å². The Balaban J connectivity index is 0.000000708. The van der Waals surface area contributed by atoms with Crippen LogP contribution in [0.5, 0.6) is 11.5 Å². The van der Waals surface area contributed by atoms with Crippen LogP contribution in [0.25, 0.3) is 0 Å². The minimum absolute atomic E-state index is 0.0200. The summed E-state index contributed by atoms with van der Waals surface area (Å²) in [5.74, 6) is -3.51. The molecule has 0 amide bonds. The molecule has 0 bridgehead atoms. The maximum absolute atomic E-state index is 14.1. The van der Waals surface area contributed by atoms with Crippen molar-refractivity contribution in [2.45, 2.75) is 18.4 Å². The molecule has 0 fully saturated rings. The number of aliphatic carboxylic acids is 1. The van der Waals surface area contributed by atoms with Gasteiger partial charge in [-0.15, -0.1) is 0 Å². The number of halogens is 3. The average Bonchev–Trinajstić information content (AvgIpc) is 2.85. The van der Waals surface area contributed by atoms with Crippen LogP contribution in [0.1, 0.15) is 5.56 Å². The van der Waals surface area contributed by atoms with E-state index in [1.54, 1.807) is 84.9 Å². The Morgan fingerprint density at radius 3 is 1.73 bits per heavy atom. The molecule has 0 saturated heterocycles. The van der Waals surface area contributed by atoms with Gasteiger partial charge in [0.2, 0.25) is 10.0 Å². The van der Waals surface area contributed by atoms with Crippen LogP contribution in [0.2, 0.25) is 0 Å². The van der Waals surface area contributed by atoms with E-state index >= 15 is 0 Å². The number of alkyl halides is 3. The quantitative estimate of drug-likeness (QED) is 0.151. The van der Waals surface area contributed by atoms with Gasteiger partial charge in [0, 0.05) is 6.42 Å². The molecule has 0 aliphatic rings. The molecule has 6 N–H and O–H groups in total. The lowest BCUT2D eigenvalue weighted by molar-refractivity contribution is -0.192. The van der Waals surface area contributed by atoms with Crippen molar-refractivity contribution in [2.75, 3.05) is 6.26 Å². The highest BCUT2D eigenvalue weighted by atomic mass is 32.2. The molecule has 3 rings (SSSR count). The van der Waals surface area contributed by atoms with E-state index < -0.39 is 35.5 Å². The molecule has 3 aromatic carbocycles. The minimum Gasteiger partial charge on any atom is -0.475 e. The van der Waals surface area contributed by atoms with Gasteiger partial charge < -0.3 is 25.6 Å². The van der Waals surface area contributed by atoms with Gasteiger partial charge in [0.15, 0.2) is 11.7 Å². The van der Waals surface area contributed by atoms with Gasteiger partial charge in [-0.05, 0) is 42.0 Å². The Morgan fingerprint density at radius 1 is 0.950 bits per heavy atom. The number of carbonyl (C=O) groups is 1. The second kappa shape index (κ2) is 13.8. The Labute approximate surface area is 228 Å². The number of carboxylic acids is 1. The van der Waals surface area contributed by atoms with E-state index in [1.807, 2.05) is 0 Å². The summed E-state index contributed by atoms with van der Waals surface area (Å²) < 4.78 is 84.2. The molecular weight excluding hydrogens is 576 g/mol. The number of sulfonamides is 1. The topological polar surface area (TPSA) is 183 Å². The van der Waals surface area contributed by atoms with Crippen LogP contribution in [0.15, 0.2) is 89.9 Å². The van der Waals surface area contributed by atoms with Crippen molar-refractivity contribution >= 4 is 35.2 Å². The molecule has 16 heteroatoms. The fourth-order valence-electron chi connectivity index (χ4n) is 2.95. The highest BCUT2D eigenvalue weighted by Crippen LogP contribution is 2.53. The molecule has 0 radical (unpaired) electrons. The van der Waals surface area contributed by atoms with Gasteiger partial charge in [0.05, 0.1) is 11.9 Å². The van der Waals surface area contributed by atoms with Gasteiger partial charge >= 0.3 is 19.7 Å². The second-order valence-corrected chi connectivity index (χ2v) is 11.8. The van der Waals surface area contributed by atoms with E-state index in [-0.39, 0.29) is 23.9 Å². The molecule has 11 nitrogen and oxygen atoms in total. The van der Waals surface area contributed by atoms with Gasteiger partial charge in [-0.25, -0.2) is 22.8 Å². The van der Waals surface area contributed by atoms with Crippen molar-refractivity contribution in [2.24, 2.45) is 16.5 Å². The van der Waals surface area contributed by atoms with Crippen LogP contribution < -0.4 is 25.2 Å². The molecule has 1 atom stereocenters. The van der Waals surface area contributed by atoms with Gasteiger partial charge in [0.1, 0.15) is 11.5 Å². The van der Waals surface area contributed by atoms with Crippen LogP contribution in [-0.2, 0) is 25.8 Å². The third-order valence-corrected chi connectivity index (χ3v) is 7.44. The summed E-state index contributed by atoms with van der Waals surface area (Å²) in [6.07, 6.45) is -4.08. The number of hydrogen-bond acceptors (Lipinski definition) is 7. The highest BCUT2D eigenvalue weighted by Gasteiger charge is 2.41. The van der Waals surface area contributed by atoms with E-state index in [9.17, 15) is 26.2 Å². The van der Waals surface area contributed by atoms with E-state index in [0.717, 1.165) is 6.26 Å². The van der Waals surface area contributed by atoms with Crippen molar-refractivity contribution in [3.05, 3.63) is 90.5 Å². The van der Waals surface area contributed by atoms with Crippen molar-refractivity contribution in [3.63, 3.8) is 0 Å². The van der Waals surface area contributed by atoms with E-state index in [4.69, 9.17) is 30.4 Å². The number of aliphatic imine (C=N–C) groups is 1. The molecule has 1 unspecified atom stereocenters. The van der Waals surface area contributed by atoms with E-state index in [2.05, 4.69) is 9.71 Å². The van der Waals surface area contributed by atoms with Crippen molar-refractivity contribution in [3.8, 4) is 11.5 Å². The summed E-state index contributed by atoms with van der Waals surface area (Å²) >= 11 is 0. The normalized spacial score (nSPS) is 12.3. The zero-order chi connectivity index (χ0) is 30.0. The largest absolute Gasteiger partial charge is 0.490 e. The molecule has 0 aromatic heterocycles. The number of nitrogens with one attached hydrogen (secondary N) is 1. The van der Waals surface area contributed by atoms with Crippen LogP contribution >= 0.6 is 7.60 Å². The number of rotatable bonds is 10. The van der Waals surface area contributed by atoms with Gasteiger partial charge in [-0.1, -0.05) is 48.5 Å². The molecular formula is C24H26F3N4O7PS. The maximum Gasteiger partial charge on any atom is 0.490 e. The molecule has 0 spiro atoms. The molecule has 0 aliphatic carbocycles. The predicted molar refractivity (Wildman–Crippen MR) is 143 cm³/mol. The van der Waals surface area contributed by atoms with E-state index in [1.165, 1.54) is 0 Å². The fourth-order valence-corrected chi connectivity index (χ4v) is 6.17. The molecule has 0 aliphatic heterocycles. The van der Waals surface area contributed by atoms with E-state index in [0.29, 0.717) is 11.3 Å². The number of nitrogens with two attached hydrogens (primary N) is 2. The molecule has 3 aromatic rings. The Morgan fingerprint density at radius 2 is 1.38 bits per heavy atom. The first-order valence-corrected chi connectivity index (χ1v) is 14.6. The van der Waals surface area contributed by atoms with Crippen LogP contribution in [0.3, 0.4) is 0 Å². The summed E-state index contributed by atoms with van der Waals surface area (Å²) in [6.45, 7) is 0. The van der Waals surface area contributed by atoms with Crippen molar-refractivity contribution in [1.82, 2.24) is 4.72 Å². The number of para-hydroxylation sites is 2. The fraction of sp³-hybridized carbons (Fsp3) is 0.167. The zero-order valence-corrected chi connectivity index (χ0v) is 22.6. The minimum atomic E-state index is -5.08. The monoisotopic (exact) mass is 602 g/mol. The predicted octanol–water partition coefficient (Wildman–Crippen LogP) is 3.99. The standard InChI is InChI=1S/C22H25N4O5PS.C2HF3O2/c1-33(28,29)26-21(16-17-12-14-18(15-13-17)25-22(23)24)32(27,30-19-8-4-2-5-9-19)31-20-10-6-3-7-11-20;3-2(4,5)1(6)7/h2-15,21,26H,16H2,1H3,(H4,23,24,25);(H,6,7). The summed E-state index contributed by atoms with van der Waals surface area (Å²) in [6, 6.07) is 23.6. The Hall–Kier alpha value is -4.07. The highest BCUT2D eigenvalue weighted by molar-refractivity contribution is 7.89. The SMILES string of the molecule is CS(=O)(=O)NC(Cc1ccc(N=C(N)N)cc1)P(=O)(Oc1ccccc1)Oc1ccccc1.O=C(O)C(F)(F)F. The number of nitrogens with zero attached hydrogens (tertiary/aromatic N) is 1. The Kier molecular flexibility index (Phi) is 11.1. The Bertz CT molecular complexity index is 1390.